The molecule has 144 valence electrons. The Bertz CT molecular complexity index is 927. The number of aromatic nitrogens is 2. The van der Waals surface area contributed by atoms with Crippen LogP contribution in [0.3, 0.4) is 0 Å². The van der Waals surface area contributed by atoms with Gasteiger partial charge in [0.2, 0.25) is 5.13 Å². The van der Waals surface area contributed by atoms with E-state index in [0.717, 1.165) is 10.1 Å². The molecule has 3 rings (SSSR count). The van der Waals surface area contributed by atoms with Crippen molar-refractivity contribution in [2.45, 2.75) is 23.4 Å². The fraction of sp³-hybridized carbons (Fsp3) is 0.200. The van der Waals surface area contributed by atoms with E-state index in [0.29, 0.717) is 22.9 Å². The van der Waals surface area contributed by atoms with E-state index in [1.165, 1.54) is 16.9 Å². The summed E-state index contributed by atoms with van der Waals surface area (Å²) in [6.45, 7) is 1.67. The monoisotopic (exact) mass is 413 g/mol. The molecule has 0 spiro atoms. The molecular weight excluding hydrogens is 394 g/mol. The first-order chi connectivity index (χ1) is 13.6. The number of hydrogen-bond acceptors (Lipinski definition) is 7. The smallest absolute Gasteiger partial charge is 0.264 e. The number of nitrogens with zero attached hydrogens (tertiary/aromatic N) is 2. The van der Waals surface area contributed by atoms with Crippen LogP contribution in [0.2, 0.25) is 0 Å². The normalized spacial score (nSPS) is 10.5. The van der Waals surface area contributed by atoms with Crippen LogP contribution in [-0.2, 0) is 10.5 Å². The summed E-state index contributed by atoms with van der Waals surface area (Å²) in [7, 11) is 0. The van der Waals surface area contributed by atoms with Crippen molar-refractivity contribution < 1.29 is 14.3 Å². The van der Waals surface area contributed by atoms with E-state index in [1.807, 2.05) is 25.1 Å². The van der Waals surface area contributed by atoms with Crippen molar-refractivity contribution >= 4 is 39.9 Å². The molecule has 28 heavy (non-hydrogen) atoms. The molecule has 0 saturated heterocycles. The van der Waals surface area contributed by atoms with Gasteiger partial charge in [0.25, 0.3) is 5.91 Å². The first-order valence-electron chi connectivity index (χ1n) is 8.70. The number of ketones is 1. The predicted molar refractivity (Wildman–Crippen MR) is 111 cm³/mol. The first kappa shape index (κ1) is 20.0. The Kier molecular flexibility index (Phi) is 7.16. The lowest BCUT2D eigenvalue weighted by Gasteiger charge is -2.06. The topological polar surface area (TPSA) is 81.2 Å². The molecule has 1 N–H and O–H groups in total. The van der Waals surface area contributed by atoms with Gasteiger partial charge in [-0.25, -0.2) is 0 Å². The second-order valence-electron chi connectivity index (χ2n) is 5.79. The van der Waals surface area contributed by atoms with Gasteiger partial charge in [0.1, 0.15) is 5.75 Å². The fourth-order valence-corrected chi connectivity index (χ4v) is 4.01. The number of anilines is 1. The highest BCUT2D eigenvalue weighted by Gasteiger charge is 2.10. The van der Waals surface area contributed by atoms with Crippen LogP contribution in [0.25, 0.3) is 0 Å². The molecule has 0 aliphatic heterocycles. The lowest BCUT2D eigenvalue weighted by molar-refractivity contribution is -0.118. The number of hydrogen-bond donors (Lipinski definition) is 1. The molecule has 2 aromatic carbocycles. The summed E-state index contributed by atoms with van der Waals surface area (Å²) in [6.07, 6.45) is 0.454. The molecule has 0 atom stereocenters. The molecule has 0 fully saturated rings. The Morgan fingerprint density at radius 2 is 1.82 bits per heavy atom. The fourth-order valence-electron chi connectivity index (χ4n) is 2.28. The number of amides is 1. The van der Waals surface area contributed by atoms with E-state index in [1.54, 1.807) is 36.0 Å². The summed E-state index contributed by atoms with van der Waals surface area (Å²) in [5.41, 5.74) is 1.84. The zero-order valence-corrected chi connectivity index (χ0v) is 16.9. The van der Waals surface area contributed by atoms with Crippen LogP contribution in [0.4, 0.5) is 5.13 Å². The second kappa shape index (κ2) is 10.0. The van der Waals surface area contributed by atoms with Gasteiger partial charge < -0.3 is 4.74 Å². The number of Topliss-reactive ketones (excluding diaryl/α,β-unsaturated/α-hetero) is 1. The number of carbonyl (C=O) groups excluding carboxylic acids is 2. The zero-order valence-electron chi connectivity index (χ0n) is 15.3. The number of ether oxygens (including phenoxy) is 1. The minimum absolute atomic E-state index is 0.0708. The summed E-state index contributed by atoms with van der Waals surface area (Å²) in [6, 6.07) is 16.8. The predicted octanol–water partition coefficient (Wildman–Crippen LogP) is 4.44. The van der Waals surface area contributed by atoms with Crippen LogP contribution in [0.1, 0.15) is 29.3 Å². The van der Waals surface area contributed by atoms with Crippen LogP contribution >= 0.6 is 23.1 Å². The molecule has 0 aliphatic carbocycles. The molecule has 0 unspecified atom stereocenters. The molecule has 0 saturated carbocycles. The molecule has 6 nitrogen and oxygen atoms in total. The summed E-state index contributed by atoms with van der Waals surface area (Å²) < 4.78 is 6.24. The maximum atomic E-state index is 12.0. The minimum atomic E-state index is -0.315. The van der Waals surface area contributed by atoms with Gasteiger partial charge in [-0.1, -0.05) is 60.4 Å². The third kappa shape index (κ3) is 5.90. The Morgan fingerprint density at radius 3 is 2.54 bits per heavy atom. The Hall–Kier alpha value is -2.71. The van der Waals surface area contributed by atoms with Crippen molar-refractivity contribution in [3.63, 3.8) is 0 Å². The standard InChI is InChI=1S/C20H19N3O3S2/c1-2-17(24)15-8-10-16(11-9-15)26-12-18(25)21-19-22-23-20(28-19)27-13-14-6-4-3-5-7-14/h3-11H,2,12-13H2,1H3,(H,21,22,25). The summed E-state index contributed by atoms with van der Waals surface area (Å²) in [4.78, 5) is 23.6. The SMILES string of the molecule is CCC(=O)c1ccc(OCC(=O)Nc2nnc(SCc3ccccc3)s2)cc1. The molecular formula is C20H19N3O3S2. The molecule has 1 aromatic heterocycles. The van der Waals surface area contributed by atoms with E-state index in [4.69, 9.17) is 4.74 Å². The number of carbonyl (C=O) groups is 2. The Labute approximate surface area is 171 Å². The summed E-state index contributed by atoms with van der Waals surface area (Å²) >= 11 is 2.90. The highest BCUT2D eigenvalue weighted by atomic mass is 32.2. The lowest BCUT2D eigenvalue weighted by Crippen LogP contribution is -2.20. The number of benzene rings is 2. The highest BCUT2D eigenvalue weighted by molar-refractivity contribution is 8.00. The average molecular weight is 414 g/mol. The number of nitrogens with one attached hydrogen (secondary N) is 1. The largest absolute Gasteiger partial charge is 0.484 e. The molecule has 8 heteroatoms. The Morgan fingerprint density at radius 1 is 1.07 bits per heavy atom. The van der Waals surface area contributed by atoms with Crippen molar-refractivity contribution in [1.29, 1.82) is 0 Å². The van der Waals surface area contributed by atoms with Gasteiger partial charge >= 0.3 is 0 Å². The van der Waals surface area contributed by atoms with Crippen LogP contribution in [-0.4, -0.2) is 28.5 Å². The van der Waals surface area contributed by atoms with Crippen molar-refractivity contribution in [3.05, 3.63) is 65.7 Å². The van der Waals surface area contributed by atoms with E-state index in [9.17, 15) is 9.59 Å². The van der Waals surface area contributed by atoms with Gasteiger partial charge in [0.05, 0.1) is 0 Å². The highest BCUT2D eigenvalue weighted by Crippen LogP contribution is 2.28. The van der Waals surface area contributed by atoms with E-state index < -0.39 is 0 Å². The zero-order chi connectivity index (χ0) is 19.8. The molecule has 0 radical (unpaired) electrons. The molecule has 1 amide bonds. The summed E-state index contributed by atoms with van der Waals surface area (Å²) in [5.74, 6) is 1.08. The average Bonchev–Trinajstić information content (AvgIpc) is 3.18. The number of thioether (sulfide) groups is 1. The minimum Gasteiger partial charge on any atom is -0.484 e. The molecule has 1 heterocycles. The Balaban J connectivity index is 1.45. The van der Waals surface area contributed by atoms with Crippen LogP contribution < -0.4 is 10.1 Å². The van der Waals surface area contributed by atoms with Gasteiger partial charge in [0.15, 0.2) is 16.7 Å². The van der Waals surface area contributed by atoms with Crippen molar-refractivity contribution in [2.75, 3.05) is 11.9 Å². The molecule has 0 bridgehead atoms. The van der Waals surface area contributed by atoms with Crippen molar-refractivity contribution in [1.82, 2.24) is 10.2 Å². The van der Waals surface area contributed by atoms with E-state index in [2.05, 4.69) is 27.6 Å². The maximum Gasteiger partial charge on any atom is 0.264 e. The van der Waals surface area contributed by atoms with Crippen LogP contribution in [0.15, 0.2) is 58.9 Å². The van der Waals surface area contributed by atoms with Gasteiger partial charge in [-0.3, -0.25) is 14.9 Å². The molecule has 3 aromatic rings. The van der Waals surface area contributed by atoms with Gasteiger partial charge in [-0.05, 0) is 29.8 Å². The quantitative estimate of drug-likeness (QED) is 0.317. The second-order valence-corrected chi connectivity index (χ2v) is 7.99. The van der Waals surface area contributed by atoms with Gasteiger partial charge in [0, 0.05) is 17.7 Å². The van der Waals surface area contributed by atoms with Gasteiger partial charge in [-0.15, -0.1) is 10.2 Å². The number of rotatable bonds is 9. The van der Waals surface area contributed by atoms with Crippen LogP contribution in [0, 0.1) is 0 Å². The van der Waals surface area contributed by atoms with Crippen molar-refractivity contribution in [3.8, 4) is 5.75 Å². The maximum absolute atomic E-state index is 12.0. The van der Waals surface area contributed by atoms with E-state index >= 15 is 0 Å². The van der Waals surface area contributed by atoms with Gasteiger partial charge in [-0.2, -0.15) is 0 Å². The third-order valence-electron chi connectivity index (χ3n) is 3.73. The third-order valence-corrected chi connectivity index (χ3v) is 5.77. The van der Waals surface area contributed by atoms with E-state index in [-0.39, 0.29) is 18.3 Å². The molecule has 0 aliphatic rings. The van der Waals surface area contributed by atoms with Crippen LogP contribution in [0.5, 0.6) is 5.75 Å². The first-order valence-corrected chi connectivity index (χ1v) is 10.5. The summed E-state index contributed by atoms with van der Waals surface area (Å²) in [5, 5.41) is 11.2. The van der Waals surface area contributed by atoms with Crippen molar-refractivity contribution in [2.24, 2.45) is 0 Å². The lowest BCUT2D eigenvalue weighted by atomic mass is 10.1.